The van der Waals surface area contributed by atoms with Crippen LogP contribution in [0.3, 0.4) is 0 Å². The number of hydrogen-bond donors (Lipinski definition) is 2. The van der Waals surface area contributed by atoms with E-state index in [1.807, 2.05) is 0 Å². The summed E-state index contributed by atoms with van der Waals surface area (Å²) in [6, 6.07) is 0. The van der Waals surface area contributed by atoms with Gasteiger partial charge in [-0.3, -0.25) is 9.59 Å². The largest absolute Gasteiger partial charge is 0.481 e. The van der Waals surface area contributed by atoms with Gasteiger partial charge in [0.15, 0.2) is 0 Å². The number of unbranched alkanes of at least 4 members (excludes halogenated alkanes) is 2. The van der Waals surface area contributed by atoms with E-state index >= 15 is 0 Å². The molecule has 2 amide bonds. The molecule has 0 spiro atoms. The number of aliphatic carboxylic acids is 1. The predicted molar refractivity (Wildman–Crippen MR) is 75.8 cm³/mol. The van der Waals surface area contributed by atoms with Crippen molar-refractivity contribution in [3.63, 3.8) is 0 Å². The third-order valence-corrected chi connectivity index (χ3v) is 1.94. The highest BCUT2D eigenvalue weighted by Gasteiger charge is 2.25. The Kier molecular flexibility index (Phi) is 11.4. The van der Waals surface area contributed by atoms with E-state index in [1.165, 1.54) is 0 Å². The molecule has 0 aliphatic rings. The second-order valence-corrected chi connectivity index (χ2v) is 5.25. The number of nitrogens with zero attached hydrogens (tertiary/aromatic N) is 1. The zero-order valence-corrected chi connectivity index (χ0v) is 13.3. The van der Waals surface area contributed by atoms with Crippen LogP contribution >= 0.6 is 0 Å². The van der Waals surface area contributed by atoms with Gasteiger partial charge in [0, 0.05) is 13.3 Å². The SMILES string of the molecule is CC(=O)N(ON)C(=O)OC(C)(C)C.CCCCCC(=O)O. The molecule has 8 heteroatoms. The Balaban J connectivity index is 0. The van der Waals surface area contributed by atoms with E-state index in [0.29, 0.717) is 11.5 Å². The normalized spacial score (nSPS) is 10.2. The summed E-state index contributed by atoms with van der Waals surface area (Å²) in [6.07, 6.45) is 2.35. The fourth-order valence-electron chi connectivity index (χ4n) is 1.08. The van der Waals surface area contributed by atoms with E-state index in [0.717, 1.165) is 26.2 Å². The van der Waals surface area contributed by atoms with Gasteiger partial charge >= 0.3 is 12.1 Å². The van der Waals surface area contributed by atoms with Crippen LogP contribution in [0.5, 0.6) is 0 Å². The Bertz CT molecular complexity index is 338. The molecule has 0 radical (unpaired) electrons. The Labute approximate surface area is 125 Å². The summed E-state index contributed by atoms with van der Waals surface area (Å²) in [5.74, 6) is 3.37. The molecule has 0 unspecified atom stereocenters. The van der Waals surface area contributed by atoms with E-state index in [9.17, 15) is 14.4 Å². The number of carboxylic acid groups (broad SMARTS) is 1. The van der Waals surface area contributed by atoms with Crippen LogP contribution in [0.25, 0.3) is 0 Å². The highest BCUT2D eigenvalue weighted by Crippen LogP contribution is 2.09. The minimum absolute atomic E-state index is 0.327. The molecule has 0 saturated carbocycles. The van der Waals surface area contributed by atoms with Crippen molar-refractivity contribution in [1.82, 2.24) is 5.06 Å². The molecular formula is C13H26N2O6. The summed E-state index contributed by atoms with van der Waals surface area (Å²) >= 11 is 0. The van der Waals surface area contributed by atoms with Gasteiger partial charge in [0.05, 0.1) is 0 Å². The monoisotopic (exact) mass is 306 g/mol. The molecule has 0 fully saturated rings. The highest BCUT2D eigenvalue weighted by molar-refractivity contribution is 5.89. The maximum absolute atomic E-state index is 11.1. The summed E-state index contributed by atoms with van der Waals surface area (Å²) in [7, 11) is 0. The van der Waals surface area contributed by atoms with Crippen LogP contribution in [0.1, 0.15) is 60.3 Å². The van der Waals surface area contributed by atoms with E-state index in [2.05, 4.69) is 11.9 Å². The molecule has 0 heterocycles. The van der Waals surface area contributed by atoms with Crippen molar-refractivity contribution in [2.24, 2.45) is 5.90 Å². The van der Waals surface area contributed by atoms with Gasteiger partial charge in [-0.25, -0.2) is 4.79 Å². The van der Waals surface area contributed by atoms with Crippen LogP contribution in [-0.4, -0.2) is 33.7 Å². The molecule has 8 nitrogen and oxygen atoms in total. The van der Waals surface area contributed by atoms with E-state index in [1.54, 1.807) is 20.8 Å². The molecule has 0 aromatic rings. The molecule has 124 valence electrons. The zero-order chi connectivity index (χ0) is 17.1. The average Bonchev–Trinajstić information content (AvgIpc) is 2.27. The number of ether oxygens (including phenoxy) is 1. The summed E-state index contributed by atoms with van der Waals surface area (Å²) in [5.41, 5.74) is -0.691. The maximum Gasteiger partial charge on any atom is 0.443 e. The molecule has 0 saturated heterocycles. The number of carbonyl (C=O) groups excluding carboxylic acids is 2. The van der Waals surface area contributed by atoms with Crippen molar-refractivity contribution in [2.45, 2.75) is 65.9 Å². The van der Waals surface area contributed by atoms with Gasteiger partial charge in [0.2, 0.25) is 0 Å². The standard InChI is InChI=1S/C7H14N2O4.C6H12O2/c1-5(10)9(13-8)6(11)12-7(2,3)4;1-2-3-4-5-6(7)8/h8H2,1-4H3;2-5H2,1H3,(H,7,8). The Hall–Kier alpha value is -1.67. The van der Waals surface area contributed by atoms with E-state index in [-0.39, 0.29) is 0 Å². The molecule has 0 atom stereocenters. The number of rotatable bonds is 5. The Morgan fingerprint density at radius 1 is 1.19 bits per heavy atom. The van der Waals surface area contributed by atoms with Crippen molar-refractivity contribution in [1.29, 1.82) is 0 Å². The van der Waals surface area contributed by atoms with Crippen LogP contribution in [0.4, 0.5) is 4.79 Å². The molecule has 0 aromatic heterocycles. The number of amides is 2. The lowest BCUT2D eigenvalue weighted by molar-refractivity contribution is -0.177. The second kappa shape index (κ2) is 11.0. The van der Waals surface area contributed by atoms with Gasteiger partial charge in [-0.15, -0.1) is 0 Å². The van der Waals surface area contributed by atoms with Gasteiger partial charge < -0.3 is 9.84 Å². The van der Waals surface area contributed by atoms with E-state index in [4.69, 9.17) is 15.7 Å². The van der Waals surface area contributed by atoms with Gasteiger partial charge in [-0.2, -0.15) is 10.8 Å². The Morgan fingerprint density at radius 2 is 1.71 bits per heavy atom. The van der Waals surface area contributed by atoms with Gasteiger partial charge in [-0.1, -0.05) is 24.8 Å². The number of carboxylic acids is 1. The lowest BCUT2D eigenvalue weighted by Gasteiger charge is -2.22. The fourth-order valence-corrected chi connectivity index (χ4v) is 1.08. The van der Waals surface area contributed by atoms with Crippen molar-refractivity contribution in [3.8, 4) is 0 Å². The first-order chi connectivity index (χ1) is 9.55. The fraction of sp³-hybridized carbons (Fsp3) is 0.769. The van der Waals surface area contributed by atoms with Crippen molar-refractivity contribution < 1.29 is 29.2 Å². The average molecular weight is 306 g/mol. The molecule has 0 aliphatic heterocycles. The van der Waals surface area contributed by atoms with Crippen molar-refractivity contribution in [3.05, 3.63) is 0 Å². The first-order valence-electron chi connectivity index (χ1n) is 6.67. The summed E-state index contributed by atoms with van der Waals surface area (Å²) < 4.78 is 4.81. The molecule has 0 aliphatic carbocycles. The van der Waals surface area contributed by atoms with Crippen LogP contribution < -0.4 is 5.90 Å². The van der Waals surface area contributed by atoms with Crippen LogP contribution in [0.15, 0.2) is 0 Å². The van der Waals surface area contributed by atoms with Crippen LogP contribution in [-0.2, 0) is 19.3 Å². The summed E-state index contributed by atoms with van der Waals surface area (Å²) in [6.45, 7) is 8.19. The van der Waals surface area contributed by atoms with Gasteiger partial charge in [-0.05, 0) is 27.2 Å². The number of nitrogens with two attached hydrogens (primary N) is 1. The number of carbonyl (C=O) groups is 3. The number of hydroxylamine groups is 2. The highest BCUT2D eigenvalue weighted by atomic mass is 16.8. The van der Waals surface area contributed by atoms with Gasteiger partial charge in [0.25, 0.3) is 5.91 Å². The lowest BCUT2D eigenvalue weighted by Crippen LogP contribution is -2.41. The number of imide groups is 1. The quantitative estimate of drug-likeness (QED) is 0.590. The Morgan fingerprint density at radius 3 is 2.00 bits per heavy atom. The molecule has 21 heavy (non-hydrogen) atoms. The van der Waals surface area contributed by atoms with Crippen LogP contribution in [0.2, 0.25) is 0 Å². The first kappa shape index (κ1) is 21.6. The minimum Gasteiger partial charge on any atom is -0.481 e. The summed E-state index contributed by atoms with van der Waals surface area (Å²) in [4.78, 5) is 35.7. The minimum atomic E-state index is -0.928. The van der Waals surface area contributed by atoms with E-state index < -0.39 is 23.6 Å². The predicted octanol–water partition coefficient (Wildman–Crippen LogP) is 2.23. The first-order valence-corrected chi connectivity index (χ1v) is 6.67. The van der Waals surface area contributed by atoms with Crippen LogP contribution in [0, 0.1) is 0 Å². The maximum atomic E-state index is 11.1. The zero-order valence-electron chi connectivity index (χ0n) is 13.3. The molecule has 0 bridgehead atoms. The lowest BCUT2D eigenvalue weighted by atomic mass is 10.2. The van der Waals surface area contributed by atoms with Gasteiger partial charge in [0.1, 0.15) is 5.60 Å². The third-order valence-electron chi connectivity index (χ3n) is 1.94. The third kappa shape index (κ3) is 14.5. The van der Waals surface area contributed by atoms with Crippen molar-refractivity contribution in [2.75, 3.05) is 0 Å². The molecule has 3 N–H and O–H groups in total. The number of hydrogen-bond acceptors (Lipinski definition) is 6. The smallest absolute Gasteiger partial charge is 0.443 e. The second-order valence-electron chi connectivity index (χ2n) is 5.25. The molecule has 0 rings (SSSR count). The van der Waals surface area contributed by atoms with Crippen molar-refractivity contribution >= 4 is 18.0 Å². The molecular weight excluding hydrogens is 280 g/mol. The topological polar surface area (TPSA) is 119 Å². The summed E-state index contributed by atoms with van der Waals surface area (Å²) in [5, 5.41) is 8.48. The molecule has 0 aromatic carbocycles.